The van der Waals surface area contributed by atoms with Crippen molar-refractivity contribution in [2.24, 2.45) is 0 Å². The number of aryl methyl sites for hydroxylation is 1. The number of furan rings is 1. The fourth-order valence-corrected chi connectivity index (χ4v) is 5.90. The van der Waals surface area contributed by atoms with Crippen LogP contribution in [0.25, 0.3) is 11.0 Å². The molecule has 0 atom stereocenters. The van der Waals surface area contributed by atoms with E-state index in [-0.39, 0.29) is 21.4 Å². The summed E-state index contributed by atoms with van der Waals surface area (Å²) in [6.07, 6.45) is 1.59. The van der Waals surface area contributed by atoms with Crippen LogP contribution in [0.15, 0.2) is 87.3 Å². The third kappa shape index (κ3) is 4.32. The lowest BCUT2D eigenvalue weighted by Gasteiger charge is -2.12. The summed E-state index contributed by atoms with van der Waals surface area (Å²) in [4.78, 5) is 5.03. The predicted molar refractivity (Wildman–Crippen MR) is 118 cm³/mol. The van der Waals surface area contributed by atoms with Gasteiger partial charge < -0.3 is 4.42 Å². The molecule has 166 valence electrons. The van der Waals surface area contributed by atoms with Crippen LogP contribution in [0.5, 0.6) is 0 Å². The van der Waals surface area contributed by atoms with Gasteiger partial charge in [-0.2, -0.15) is 8.42 Å². The average Bonchev–Trinajstić information content (AvgIpc) is 3.19. The Hall–Kier alpha value is -3.37. The van der Waals surface area contributed by atoms with Gasteiger partial charge in [0, 0.05) is 28.3 Å². The number of hydrogen-bond acceptors (Lipinski definition) is 6. The highest BCUT2D eigenvalue weighted by Crippen LogP contribution is 2.29. The molecule has 1 N–H and O–H groups in total. The number of anilines is 1. The van der Waals surface area contributed by atoms with Gasteiger partial charge in [0.2, 0.25) is 17.0 Å². The Morgan fingerprint density at radius 2 is 1.72 bits per heavy atom. The van der Waals surface area contributed by atoms with Gasteiger partial charge in [0.1, 0.15) is 18.4 Å². The van der Waals surface area contributed by atoms with E-state index < -0.39 is 19.9 Å². The number of para-hydroxylation sites is 1. The van der Waals surface area contributed by atoms with E-state index in [1.807, 2.05) is 0 Å². The number of fused-ring (bicyclic) bond motifs is 1. The Morgan fingerprint density at radius 3 is 2.47 bits per heavy atom. The maximum absolute atomic E-state index is 13.2. The number of sulfonamides is 1. The van der Waals surface area contributed by atoms with Crippen molar-refractivity contribution in [2.75, 3.05) is 11.8 Å². The zero-order chi connectivity index (χ0) is 22.9. The highest BCUT2D eigenvalue weighted by molar-refractivity contribution is 7.93. The first-order chi connectivity index (χ1) is 15.2. The van der Waals surface area contributed by atoms with Crippen molar-refractivity contribution in [1.82, 2.24) is 0 Å². The van der Waals surface area contributed by atoms with Gasteiger partial charge in [-0.1, -0.05) is 24.3 Å². The Morgan fingerprint density at radius 1 is 0.969 bits per heavy atom. The molecule has 10 heteroatoms. The van der Waals surface area contributed by atoms with E-state index in [2.05, 4.69) is 4.72 Å². The molecule has 0 aliphatic rings. The smallest absolute Gasteiger partial charge is 0.295 e. The fourth-order valence-electron chi connectivity index (χ4n) is 3.31. The largest absolute Gasteiger partial charge is 0.443 e. The third-order valence-electron chi connectivity index (χ3n) is 4.82. The minimum absolute atomic E-state index is 0.0506. The van der Waals surface area contributed by atoms with Crippen LogP contribution in [-0.2, 0) is 25.6 Å². The first-order valence-corrected chi connectivity index (χ1v) is 12.7. The Labute approximate surface area is 186 Å². The van der Waals surface area contributed by atoms with Crippen LogP contribution >= 0.6 is 0 Å². The number of hydrogen-bond donors (Lipinski definition) is 1. The summed E-state index contributed by atoms with van der Waals surface area (Å²) in [6.45, 7) is 1.74. The summed E-state index contributed by atoms with van der Waals surface area (Å²) < 4.78 is 61.7. The molecule has 4 rings (SSSR count). The SMILES string of the molecule is CO[n+]1ccccc1CS(=O)(=O)c1ccc(C)cc1NS(=O)(=O)c1cc2ccccc2o1. The second-order valence-corrected chi connectivity index (χ2v) is 10.7. The zero-order valence-electron chi connectivity index (χ0n) is 17.3. The van der Waals surface area contributed by atoms with E-state index >= 15 is 0 Å². The van der Waals surface area contributed by atoms with Crippen molar-refractivity contribution in [3.63, 3.8) is 0 Å². The lowest BCUT2D eigenvalue weighted by atomic mass is 10.2. The van der Waals surface area contributed by atoms with Crippen molar-refractivity contribution in [2.45, 2.75) is 22.7 Å². The van der Waals surface area contributed by atoms with Crippen molar-refractivity contribution < 1.29 is 30.8 Å². The van der Waals surface area contributed by atoms with Gasteiger partial charge in [0.15, 0.2) is 9.84 Å². The summed E-state index contributed by atoms with van der Waals surface area (Å²) in [5, 5.41) is 0.321. The normalized spacial score (nSPS) is 12.1. The lowest BCUT2D eigenvalue weighted by Crippen LogP contribution is -2.44. The van der Waals surface area contributed by atoms with Crippen LogP contribution in [0.2, 0.25) is 0 Å². The molecule has 2 aromatic heterocycles. The van der Waals surface area contributed by atoms with E-state index in [0.29, 0.717) is 22.2 Å². The van der Waals surface area contributed by atoms with Crippen molar-refractivity contribution >= 4 is 36.5 Å². The summed E-state index contributed by atoms with van der Waals surface area (Å²) in [6, 6.07) is 17.8. The molecular weight excluding hydrogens is 452 g/mol. The molecule has 8 nitrogen and oxygen atoms in total. The van der Waals surface area contributed by atoms with Crippen molar-refractivity contribution in [1.29, 1.82) is 0 Å². The number of nitrogens with zero attached hydrogens (tertiary/aromatic N) is 1. The highest BCUT2D eigenvalue weighted by Gasteiger charge is 2.28. The molecule has 0 aliphatic carbocycles. The number of nitrogens with one attached hydrogen (secondary N) is 1. The first kappa shape index (κ1) is 21.8. The fraction of sp³-hybridized carbons (Fsp3) is 0.136. The maximum atomic E-state index is 13.2. The zero-order valence-corrected chi connectivity index (χ0v) is 19.0. The quantitative estimate of drug-likeness (QED) is 0.414. The van der Waals surface area contributed by atoms with Crippen LogP contribution in [0.1, 0.15) is 11.3 Å². The van der Waals surface area contributed by atoms with E-state index in [4.69, 9.17) is 9.25 Å². The number of aromatic nitrogens is 1. The van der Waals surface area contributed by atoms with E-state index in [9.17, 15) is 16.8 Å². The monoisotopic (exact) mass is 473 g/mol. The topological polar surface area (TPSA) is 107 Å². The molecule has 0 unspecified atom stereocenters. The third-order valence-corrected chi connectivity index (χ3v) is 7.74. The van der Waals surface area contributed by atoms with Crippen LogP contribution < -0.4 is 14.3 Å². The van der Waals surface area contributed by atoms with Gasteiger partial charge in [0.05, 0.1) is 10.6 Å². The number of sulfone groups is 1. The number of pyridine rings is 1. The molecule has 0 spiro atoms. The molecule has 0 bridgehead atoms. The second-order valence-electron chi connectivity index (χ2n) is 7.17. The van der Waals surface area contributed by atoms with Crippen LogP contribution in [-0.4, -0.2) is 23.9 Å². The second kappa shape index (κ2) is 8.29. The van der Waals surface area contributed by atoms with Gasteiger partial charge in [-0.05, 0) is 36.8 Å². The summed E-state index contributed by atoms with van der Waals surface area (Å²) in [5.41, 5.74) is 1.45. The minimum atomic E-state index is -4.17. The van der Waals surface area contributed by atoms with Gasteiger partial charge in [-0.25, -0.2) is 8.42 Å². The number of benzene rings is 2. The highest BCUT2D eigenvalue weighted by atomic mass is 32.2. The van der Waals surface area contributed by atoms with Crippen LogP contribution in [0, 0.1) is 6.92 Å². The molecule has 0 saturated heterocycles. The molecule has 4 aromatic rings. The molecule has 0 aliphatic heterocycles. The summed E-state index contributed by atoms with van der Waals surface area (Å²) in [5.74, 6) is -0.385. The van der Waals surface area contributed by atoms with E-state index in [1.54, 1.807) is 61.7 Å². The molecule has 2 aromatic carbocycles. The Kier molecular flexibility index (Phi) is 5.66. The molecule has 0 fully saturated rings. The van der Waals surface area contributed by atoms with E-state index in [1.165, 1.54) is 30.0 Å². The molecule has 0 saturated carbocycles. The van der Waals surface area contributed by atoms with Crippen molar-refractivity contribution in [3.05, 3.63) is 84.2 Å². The minimum Gasteiger partial charge on any atom is -0.443 e. The molecule has 0 amide bonds. The van der Waals surface area contributed by atoms with Crippen molar-refractivity contribution in [3.8, 4) is 0 Å². The molecule has 0 radical (unpaired) electrons. The van der Waals surface area contributed by atoms with Crippen LogP contribution in [0.3, 0.4) is 0 Å². The van der Waals surface area contributed by atoms with Gasteiger partial charge >= 0.3 is 0 Å². The van der Waals surface area contributed by atoms with E-state index in [0.717, 1.165) is 0 Å². The van der Waals surface area contributed by atoms with Gasteiger partial charge in [-0.15, -0.1) is 0 Å². The first-order valence-electron chi connectivity index (χ1n) is 9.58. The molecule has 2 heterocycles. The maximum Gasteiger partial charge on any atom is 0.295 e. The summed E-state index contributed by atoms with van der Waals surface area (Å²) in [7, 11) is -6.68. The molecule has 32 heavy (non-hydrogen) atoms. The predicted octanol–water partition coefficient (Wildman–Crippen LogP) is 2.86. The Balaban J connectivity index is 1.73. The average molecular weight is 474 g/mol. The van der Waals surface area contributed by atoms with Crippen LogP contribution in [0.4, 0.5) is 5.69 Å². The lowest BCUT2D eigenvalue weighted by molar-refractivity contribution is -0.890. The molecular formula is C22H21N2O6S2+. The standard InChI is InChI=1S/C22H21N2O6S2/c1-16-10-11-21(31(25,26)15-18-8-5-6-12-24(18)29-2)19(13-16)23-32(27,28)22-14-17-7-3-4-9-20(17)30-22/h3-14,23H,15H2,1-2H3/q+1. The number of rotatable bonds is 7. The van der Waals surface area contributed by atoms with Gasteiger partial charge in [0.25, 0.3) is 10.0 Å². The van der Waals surface area contributed by atoms with Gasteiger partial charge in [-0.3, -0.25) is 9.56 Å². The summed E-state index contributed by atoms with van der Waals surface area (Å²) >= 11 is 0. The Bertz CT molecular complexity index is 1480.